The van der Waals surface area contributed by atoms with Gasteiger partial charge < -0.3 is 15.1 Å². The number of phenols is 2. The van der Waals surface area contributed by atoms with Crippen molar-refractivity contribution in [2.45, 2.75) is 0 Å². The van der Waals surface area contributed by atoms with Gasteiger partial charge in [0.25, 0.3) is 5.91 Å². The molecule has 0 aliphatic heterocycles. The Hall–Kier alpha value is -1.42. The summed E-state index contributed by atoms with van der Waals surface area (Å²) < 4.78 is 0. The molecule has 0 radical (unpaired) electrons. The van der Waals surface area contributed by atoms with Crippen LogP contribution in [0.5, 0.6) is 11.5 Å². The van der Waals surface area contributed by atoms with Crippen LogP contribution < -0.4 is 0 Å². The van der Waals surface area contributed by atoms with Crippen LogP contribution in [0.25, 0.3) is 0 Å². The molecule has 2 N–H and O–H groups in total. The van der Waals surface area contributed by atoms with Gasteiger partial charge in [0.15, 0.2) is 0 Å². The minimum Gasteiger partial charge on any atom is -0.507 e. The Morgan fingerprint density at radius 1 is 1.40 bits per heavy atom. The summed E-state index contributed by atoms with van der Waals surface area (Å²) >= 11 is 5.49. The summed E-state index contributed by atoms with van der Waals surface area (Å²) in [5.74, 6) is -0.620. The smallest absolute Gasteiger partial charge is 0.261 e. The molecule has 4 nitrogen and oxygen atoms in total. The third kappa shape index (κ3) is 2.53. The lowest BCUT2D eigenvalue weighted by molar-refractivity contribution is 0.0797. The van der Waals surface area contributed by atoms with Crippen LogP contribution in [0.4, 0.5) is 0 Å². The van der Waals surface area contributed by atoms with Crippen LogP contribution in [0.2, 0.25) is 0 Å². The number of rotatable bonds is 3. The van der Waals surface area contributed by atoms with E-state index in [9.17, 15) is 15.0 Å². The van der Waals surface area contributed by atoms with Gasteiger partial charge in [0.05, 0.1) is 0 Å². The maximum absolute atomic E-state index is 11.7. The zero-order valence-corrected chi connectivity index (χ0v) is 9.03. The molecule has 0 atom stereocenters. The molecular weight excluding hydrogens is 218 g/mol. The molecule has 1 amide bonds. The highest BCUT2D eigenvalue weighted by Crippen LogP contribution is 2.27. The molecule has 1 aromatic rings. The molecule has 0 fully saturated rings. The number of carbonyl (C=O) groups excluding carboxylic acids is 1. The molecule has 0 aromatic heterocycles. The summed E-state index contributed by atoms with van der Waals surface area (Å²) in [6.07, 6.45) is 0. The Morgan fingerprint density at radius 2 is 1.93 bits per heavy atom. The van der Waals surface area contributed by atoms with Gasteiger partial charge in [-0.05, 0) is 12.1 Å². The predicted molar refractivity (Wildman–Crippen MR) is 57.5 cm³/mol. The molecule has 0 saturated carbocycles. The predicted octanol–water partition coefficient (Wildman–Crippen LogP) is 1.41. The van der Waals surface area contributed by atoms with E-state index in [0.29, 0.717) is 12.4 Å². The number of halogens is 1. The first kappa shape index (κ1) is 11.7. The third-order valence-corrected chi connectivity index (χ3v) is 2.17. The molecule has 0 bridgehead atoms. The van der Waals surface area contributed by atoms with Crippen molar-refractivity contribution >= 4 is 17.5 Å². The largest absolute Gasteiger partial charge is 0.507 e. The summed E-state index contributed by atoms with van der Waals surface area (Å²) in [7, 11) is 1.55. The first-order valence-electron chi connectivity index (χ1n) is 4.40. The van der Waals surface area contributed by atoms with Crippen LogP contribution in [-0.2, 0) is 0 Å². The number of hydrogen-bond donors (Lipinski definition) is 2. The van der Waals surface area contributed by atoms with Crippen LogP contribution >= 0.6 is 11.6 Å². The van der Waals surface area contributed by atoms with Gasteiger partial charge in [0, 0.05) is 19.5 Å². The average Bonchev–Trinajstić information content (AvgIpc) is 2.17. The highest BCUT2D eigenvalue weighted by molar-refractivity contribution is 6.18. The van der Waals surface area contributed by atoms with Crippen molar-refractivity contribution in [2.75, 3.05) is 19.5 Å². The van der Waals surface area contributed by atoms with E-state index >= 15 is 0 Å². The first-order valence-corrected chi connectivity index (χ1v) is 4.93. The molecule has 0 unspecified atom stereocenters. The van der Waals surface area contributed by atoms with Gasteiger partial charge in [-0.2, -0.15) is 0 Å². The van der Waals surface area contributed by atoms with Gasteiger partial charge in [0.2, 0.25) is 0 Å². The molecule has 0 aliphatic carbocycles. The monoisotopic (exact) mass is 229 g/mol. The lowest BCUT2D eigenvalue weighted by Crippen LogP contribution is -2.28. The fraction of sp³-hybridized carbons (Fsp3) is 0.300. The van der Waals surface area contributed by atoms with Gasteiger partial charge >= 0.3 is 0 Å². The lowest BCUT2D eigenvalue weighted by atomic mass is 10.1. The second kappa shape index (κ2) is 4.89. The highest BCUT2D eigenvalue weighted by Gasteiger charge is 2.19. The topological polar surface area (TPSA) is 60.8 Å². The van der Waals surface area contributed by atoms with Gasteiger partial charge in [0.1, 0.15) is 17.1 Å². The van der Waals surface area contributed by atoms with Gasteiger partial charge in [-0.1, -0.05) is 6.07 Å². The SMILES string of the molecule is CN(CCCl)C(=O)c1c(O)cccc1O. The standard InChI is InChI=1S/C10H12ClNO3/c1-12(6-5-11)10(15)9-7(13)3-2-4-8(9)14/h2-4,13-14H,5-6H2,1H3. The number of aromatic hydroxyl groups is 2. The fourth-order valence-corrected chi connectivity index (χ4v) is 1.42. The van der Waals surface area contributed by atoms with Crippen molar-refractivity contribution < 1.29 is 15.0 Å². The van der Waals surface area contributed by atoms with E-state index in [0.717, 1.165) is 0 Å². The molecule has 82 valence electrons. The number of amides is 1. The van der Waals surface area contributed by atoms with E-state index in [1.54, 1.807) is 7.05 Å². The normalized spacial score (nSPS) is 10.0. The summed E-state index contributed by atoms with van der Waals surface area (Å²) in [6.45, 7) is 0.355. The molecule has 15 heavy (non-hydrogen) atoms. The van der Waals surface area contributed by atoms with E-state index in [1.165, 1.54) is 23.1 Å². The van der Waals surface area contributed by atoms with E-state index in [2.05, 4.69) is 0 Å². The van der Waals surface area contributed by atoms with Crippen molar-refractivity contribution in [1.29, 1.82) is 0 Å². The van der Waals surface area contributed by atoms with Crippen molar-refractivity contribution in [3.63, 3.8) is 0 Å². The van der Waals surface area contributed by atoms with Crippen molar-refractivity contribution in [1.82, 2.24) is 4.90 Å². The molecule has 0 aliphatic rings. The average molecular weight is 230 g/mol. The van der Waals surface area contributed by atoms with Crippen LogP contribution in [0.1, 0.15) is 10.4 Å². The third-order valence-electron chi connectivity index (χ3n) is 2.00. The van der Waals surface area contributed by atoms with Gasteiger partial charge in [-0.3, -0.25) is 4.79 Å². The second-order valence-electron chi connectivity index (χ2n) is 3.09. The zero-order valence-electron chi connectivity index (χ0n) is 8.27. The fourth-order valence-electron chi connectivity index (χ4n) is 1.17. The van der Waals surface area contributed by atoms with Crippen LogP contribution in [0, 0.1) is 0 Å². The minimum atomic E-state index is -0.453. The summed E-state index contributed by atoms with van der Waals surface area (Å²) in [5.41, 5.74) is -0.0925. The van der Waals surface area contributed by atoms with Crippen LogP contribution in [-0.4, -0.2) is 40.5 Å². The minimum absolute atomic E-state index is 0.0925. The Kier molecular flexibility index (Phi) is 3.80. The number of hydrogen-bond acceptors (Lipinski definition) is 3. The maximum atomic E-state index is 11.7. The molecule has 0 saturated heterocycles. The van der Waals surface area contributed by atoms with Crippen molar-refractivity contribution in [3.8, 4) is 11.5 Å². The second-order valence-corrected chi connectivity index (χ2v) is 3.46. The number of carbonyl (C=O) groups is 1. The number of nitrogens with zero attached hydrogens (tertiary/aromatic N) is 1. The molecule has 0 spiro atoms. The van der Waals surface area contributed by atoms with Gasteiger partial charge in [-0.15, -0.1) is 11.6 Å². The Morgan fingerprint density at radius 3 is 2.40 bits per heavy atom. The first-order chi connectivity index (χ1) is 7.07. The molecule has 1 rings (SSSR count). The van der Waals surface area contributed by atoms with E-state index in [4.69, 9.17) is 11.6 Å². The van der Waals surface area contributed by atoms with E-state index in [1.807, 2.05) is 0 Å². The van der Waals surface area contributed by atoms with Crippen LogP contribution in [0.3, 0.4) is 0 Å². The summed E-state index contributed by atoms with van der Waals surface area (Å²) in [6, 6.07) is 4.16. The van der Waals surface area contributed by atoms with Gasteiger partial charge in [-0.25, -0.2) is 0 Å². The molecule has 0 heterocycles. The molecule has 5 heteroatoms. The highest BCUT2D eigenvalue weighted by atomic mass is 35.5. The van der Waals surface area contributed by atoms with Crippen LogP contribution in [0.15, 0.2) is 18.2 Å². The number of benzene rings is 1. The maximum Gasteiger partial charge on any atom is 0.261 e. The Bertz CT molecular complexity index is 347. The quantitative estimate of drug-likeness (QED) is 0.771. The van der Waals surface area contributed by atoms with Crippen molar-refractivity contribution in [3.05, 3.63) is 23.8 Å². The molecular formula is C10H12ClNO3. The summed E-state index contributed by atoms with van der Waals surface area (Å²) in [5, 5.41) is 18.9. The van der Waals surface area contributed by atoms with E-state index in [-0.39, 0.29) is 17.1 Å². The Balaban J connectivity index is 3.00. The van der Waals surface area contributed by atoms with E-state index < -0.39 is 5.91 Å². The summed E-state index contributed by atoms with van der Waals surface area (Å²) in [4.78, 5) is 13.1. The Labute approximate surface area is 92.7 Å². The zero-order chi connectivity index (χ0) is 11.4. The number of alkyl halides is 1. The molecule has 1 aromatic carbocycles. The van der Waals surface area contributed by atoms with Crippen molar-refractivity contribution in [2.24, 2.45) is 0 Å². The number of phenolic OH excluding ortho intramolecular Hbond substituents is 2. The lowest BCUT2D eigenvalue weighted by Gasteiger charge is -2.16.